The smallest absolute Gasteiger partial charge is 0.359 e. The van der Waals surface area contributed by atoms with Gasteiger partial charge in [-0.15, -0.1) is 0 Å². The van der Waals surface area contributed by atoms with E-state index in [0.717, 1.165) is 7.11 Å². The normalized spacial score (nSPS) is 10.6. The second kappa shape index (κ2) is 6.07. The molecule has 0 radical (unpaired) electrons. The van der Waals surface area contributed by atoms with Crippen LogP contribution in [0.3, 0.4) is 0 Å². The minimum absolute atomic E-state index is 0.00460. The summed E-state index contributed by atoms with van der Waals surface area (Å²) in [6.45, 7) is 1.39. The number of ether oxygens (including phenoxy) is 1. The number of fused-ring (bicyclic) bond motifs is 1. The third kappa shape index (κ3) is 2.81. The van der Waals surface area contributed by atoms with E-state index < -0.39 is 17.5 Å². The molecule has 1 amide bonds. The van der Waals surface area contributed by atoms with Crippen molar-refractivity contribution in [3.63, 3.8) is 0 Å². The van der Waals surface area contributed by atoms with Crippen molar-refractivity contribution in [3.8, 4) is 11.5 Å². The SMILES string of the molecule is COC(=O)c1nccc(-c2nc3cc(NC(C)=O)ccc3o2)c1F. The third-order valence-corrected chi connectivity index (χ3v) is 3.21. The van der Waals surface area contributed by atoms with Crippen molar-refractivity contribution in [2.24, 2.45) is 0 Å². The molecule has 3 rings (SSSR count). The molecular weight excluding hydrogens is 317 g/mol. The average Bonchev–Trinajstić information content (AvgIpc) is 2.96. The van der Waals surface area contributed by atoms with Crippen molar-refractivity contribution in [3.05, 3.63) is 42.0 Å². The number of hydrogen-bond donors (Lipinski definition) is 1. The third-order valence-electron chi connectivity index (χ3n) is 3.21. The molecule has 2 heterocycles. The molecule has 24 heavy (non-hydrogen) atoms. The number of nitrogens with zero attached hydrogens (tertiary/aromatic N) is 2. The highest BCUT2D eigenvalue weighted by Crippen LogP contribution is 2.28. The molecule has 1 aromatic carbocycles. The van der Waals surface area contributed by atoms with Gasteiger partial charge in [-0.25, -0.2) is 19.2 Å². The van der Waals surface area contributed by atoms with Gasteiger partial charge in [-0.3, -0.25) is 4.79 Å². The fraction of sp³-hybridized carbons (Fsp3) is 0.125. The number of benzene rings is 1. The van der Waals surface area contributed by atoms with E-state index in [-0.39, 0.29) is 17.4 Å². The minimum Gasteiger partial charge on any atom is -0.464 e. The van der Waals surface area contributed by atoms with Gasteiger partial charge in [-0.05, 0) is 24.3 Å². The molecule has 0 bridgehead atoms. The van der Waals surface area contributed by atoms with Crippen LogP contribution in [0.2, 0.25) is 0 Å². The van der Waals surface area contributed by atoms with Gasteiger partial charge in [0.05, 0.1) is 12.7 Å². The van der Waals surface area contributed by atoms with Gasteiger partial charge in [0.2, 0.25) is 11.8 Å². The van der Waals surface area contributed by atoms with E-state index in [0.29, 0.717) is 16.8 Å². The standard InChI is InChI=1S/C16H12FN3O4/c1-8(21)19-9-3-4-12-11(7-9)20-15(24-12)10-5-6-18-14(13(10)17)16(22)23-2/h3-7H,1-2H3,(H,19,21). The highest BCUT2D eigenvalue weighted by molar-refractivity contribution is 5.92. The van der Waals surface area contributed by atoms with Crippen LogP contribution in [0.25, 0.3) is 22.6 Å². The molecule has 0 saturated carbocycles. The van der Waals surface area contributed by atoms with Crippen LogP contribution in [0.1, 0.15) is 17.4 Å². The molecule has 0 aliphatic heterocycles. The molecule has 3 aromatic rings. The summed E-state index contributed by atoms with van der Waals surface area (Å²) < 4.78 is 24.5. The number of halogens is 1. The number of nitrogens with one attached hydrogen (secondary N) is 1. The van der Waals surface area contributed by atoms with Crippen LogP contribution in [0.4, 0.5) is 10.1 Å². The van der Waals surface area contributed by atoms with E-state index in [1.807, 2.05) is 0 Å². The van der Waals surface area contributed by atoms with Crippen LogP contribution in [0.15, 0.2) is 34.9 Å². The Morgan fingerprint density at radius 2 is 2.08 bits per heavy atom. The maximum absolute atomic E-state index is 14.5. The summed E-state index contributed by atoms with van der Waals surface area (Å²) in [6.07, 6.45) is 1.27. The Balaban J connectivity index is 2.07. The zero-order chi connectivity index (χ0) is 17.3. The molecule has 0 atom stereocenters. The summed E-state index contributed by atoms with van der Waals surface area (Å²) in [5.74, 6) is -1.99. The average molecular weight is 329 g/mol. The van der Waals surface area contributed by atoms with Crippen LogP contribution >= 0.6 is 0 Å². The van der Waals surface area contributed by atoms with Crippen molar-refractivity contribution in [1.82, 2.24) is 9.97 Å². The first-order valence-electron chi connectivity index (χ1n) is 6.91. The number of anilines is 1. The minimum atomic E-state index is -0.890. The van der Waals surface area contributed by atoms with Gasteiger partial charge in [0, 0.05) is 18.8 Å². The van der Waals surface area contributed by atoms with Crippen LogP contribution in [0.5, 0.6) is 0 Å². The number of amides is 1. The van der Waals surface area contributed by atoms with Gasteiger partial charge in [0.15, 0.2) is 17.1 Å². The van der Waals surface area contributed by atoms with Crippen molar-refractivity contribution in [2.45, 2.75) is 6.92 Å². The Morgan fingerprint density at radius 1 is 1.29 bits per heavy atom. The number of oxazole rings is 1. The van der Waals surface area contributed by atoms with Crippen molar-refractivity contribution >= 4 is 28.7 Å². The van der Waals surface area contributed by atoms with Crippen LogP contribution in [0, 0.1) is 5.82 Å². The second-order valence-electron chi connectivity index (χ2n) is 4.90. The van der Waals surface area contributed by atoms with Gasteiger partial charge < -0.3 is 14.5 Å². The molecule has 0 spiro atoms. The molecule has 0 aliphatic carbocycles. The van der Waals surface area contributed by atoms with Crippen LogP contribution in [-0.4, -0.2) is 29.0 Å². The topological polar surface area (TPSA) is 94.3 Å². The lowest BCUT2D eigenvalue weighted by Gasteiger charge is -2.02. The van der Waals surface area contributed by atoms with E-state index in [2.05, 4.69) is 20.0 Å². The second-order valence-corrected chi connectivity index (χ2v) is 4.90. The largest absolute Gasteiger partial charge is 0.464 e. The first-order valence-corrected chi connectivity index (χ1v) is 6.91. The van der Waals surface area contributed by atoms with Crippen LogP contribution < -0.4 is 5.32 Å². The summed E-state index contributed by atoms with van der Waals surface area (Å²) in [6, 6.07) is 6.20. The van der Waals surface area contributed by atoms with E-state index in [1.54, 1.807) is 18.2 Å². The first kappa shape index (κ1) is 15.6. The lowest BCUT2D eigenvalue weighted by atomic mass is 10.2. The van der Waals surface area contributed by atoms with Crippen LogP contribution in [-0.2, 0) is 9.53 Å². The number of esters is 1. The van der Waals surface area contributed by atoms with Gasteiger partial charge >= 0.3 is 5.97 Å². The number of hydrogen-bond acceptors (Lipinski definition) is 6. The quantitative estimate of drug-likeness (QED) is 0.743. The predicted octanol–water partition coefficient (Wildman–Crippen LogP) is 2.77. The number of carbonyl (C=O) groups excluding carboxylic acids is 2. The van der Waals surface area contributed by atoms with Crippen molar-refractivity contribution in [1.29, 1.82) is 0 Å². The first-order chi connectivity index (χ1) is 11.5. The van der Waals surface area contributed by atoms with Gasteiger partial charge in [0.1, 0.15) is 5.52 Å². The fourth-order valence-corrected chi connectivity index (χ4v) is 2.17. The molecule has 1 N–H and O–H groups in total. The molecular formula is C16H12FN3O4. The molecule has 2 aromatic heterocycles. The van der Waals surface area contributed by atoms with E-state index >= 15 is 0 Å². The van der Waals surface area contributed by atoms with Gasteiger partial charge in [0.25, 0.3) is 0 Å². The lowest BCUT2D eigenvalue weighted by molar-refractivity contribution is -0.114. The van der Waals surface area contributed by atoms with Crippen molar-refractivity contribution in [2.75, 3.05) is 12.4 Å². The van der Waals surface area contributed by atoms with Gasteiger partial charge in [-0.2, -0.15) is 0 Å². The molecule has 0 unspecified atom stereocenters. The number of aromatic nitrogens is 2. The summed E-state index contributed by atoms with van der Waals surface area (Å²) >= 11 is 0. The summed E-state index contributed by atoms with van der Waals surface area (Å²) in [7, 11) is 1.14. The molecule has 0 aliphatic rings. The molecule has 8 heteroatoms. The summed E-state index contributed by atoms with van der Waals surface area (Å²) in [4.78, 5) is 30.5. The summed E-state index contributed by atoms with van der Waals surface area (Å²) in [5.41, 5.74) is 0.932. The number of pyridine rings is 1. The molecule has 0 saturated heterocycles. The van der Waals surface area contributed by atoms with E-state index in [4.69, 9.17) is 4.42 Å². The van der Waals surface area contributed by atoms with E-state index in [9.17, 15) is 14.0 Å². The van der Waals surface area contributed by atoms with Gasteiger partial charge in [-0.1, -0.05) is 0 Å². The molecule has 0 fully saturated rings. The highest BCUT2D eigenvalue weighted by atomic mass is 19.1. The Bertz CT molecular complexity index is 952. The van der Waals surface area contributed by atoms with Crippen molar-refractivity contribution < 1.29 is 23.1 Å². The highest BCUT2D eigenvalue weighted by Gasteiger charge is 2.21. The molecule has 122 valence electrons. The Morgan fingerprint density at radius 3 is 2.79 bits per heavy atom. The fourth-order valence-electron chi connectivity index (χ4n) is 2.17. The molecule has 7 nitrogen and oxygen atoms in total. The Hall–Kier alpha value is -3.29. The number of rotatable bonds is 3. The summed E-state index contributed by atoms with van der Waals surface area (Å²) in [5, 5.41) is 2.62. The predicted molar refractivity (Wildman–Crippen MR) is 82.8 cm³/mol. The number of methoxy groups -OCH3 is 1. The monoisotopic (exact) mass is 329 g/mol. The zero-order valence-corrected chi connectivity index (χ0v) is 12.8. The lowest BCUT2D eigenvalue weighted by Crippen LogP contribution is -2.08. The Kier molecular flexibility index (Phi) is 3.95. The van der Waals surface area contributed by atoms with E-state index in [1.165, 1.54) is 19.2 Å². The zero-order valence-electron chi connectivity index (χ0n) is 12.8. The maximum Gasteiger partial charge on any atom is 0.359 e. The maximum atomic E-state index is 14.5. The Labute approximate surface area is 135 Å². The number of carbonyl (C=O) groups is 2.